The van der Waals surface area contributed by atoms with E-state index in [9.17, 15) is 8.76 Å². The summed E-state index contributed by atoms with van der Waals surface area (Å²) in [7, 11) is 2.54. The van der Waals surface area contributed by atoms with E-state index in [0.717, 1.165) is 7.11 Å². The van der Waals surface area contributed by atoms with E-state index in [1.54, 1.807) is 0 Å². The molecule has 4 nitrogen and oxygen atoms in total. The zero-order valence-corrected chi connectivity index (χ0v) is 8.81. The maximum Gasteiger partial charge on any atom is 0.513 e. The van der Waals surface area contributed by atoms with Crippen molar-refractivity contribution in [2.24, 2.45) is 0 Å². The highest BCUT2D eigenvalue weighted by Gasteiger charge is 2.22. The second-order valence-electron chi connectivity index (χ2n) is 3.46. The summed E-state index contributed by atoms with van der Waals surface area (Å²) in [5.74, 6) is 0. The number of quaternary nitrogens is 1. The Morgan fingerprint density at radius 1 is 1.42 bits per heavy atom. The molecule has 74 valence electrons. The number of hydrogen-bond acceptors (Lipinski definition) is 3. The zero-order valence-electron chi connectivity index (χ0n) is 7.91. The molecule has 0 bridgehead atoms. The van der Waals surface area contributed by atoms with Gasteiger partial charge in [-0.1, -0.05) is 0 Å². The van der Waals surface area contributed by atoms with Gasteiger partial charge in [0, 0.05) is 7.11 Å². The fourth-order valence-corrected chi connectivity index (χ4v) is 0.882. The molecule has 0 aliphatic carbocycles. The van der Waals surface area contributed by atoms with Crippen molar-refractivity contribution in [1.29, 1.82) is 0 Å². The normalized spacial score (nSPS) is 17.4. The Labute approximate surface area is 72.5 Å². The van der Waals surface area contributed by atoms with Gasteiger partial charge in [-0.05, 0) is 0 Å². The van der Waals surface area contributed by atoms with Gasteiger partial charge in [-0.15, -0.1) is 4.20 Å². The van der Waals surface area contributed by atoms with E-state index in [1.807, 2.05) is 21.1 Å². The first-order chi connectivity index (χ1) is 5.27. The second-order valence-corrected chi connectivity index (χ2v) is 4.94. The molecule has 6 heteroatoms. The van der Waals surface area contributed by atoms with E-state index in [4.69, 9.17) is 0 Å². The van der Waals surface area contributed by atoms with Gasteiger partial charge in [-0.3, -0.25) is 9.05 Å². The molecule has 0 aromatic rings. The molecule has 0 amide bonds. The third-order valence-corrected chi connectivity index (χ3v) is 2.15. The molecular formula is C6H16FNO3P+. The minimum Gasteiger partial charge on any atom is -0.329 e. The van der Waals surface area contributed by atoms with Crippen molar-refractivity contribution in [2.45, 2.75) is 0 Å². The molecular weight excluding hydrogens is 184 g/mol. The van der Waals surface area contributed by atoms with Crippen LogP contribution >= 0.6 is 7.91 Å². The highest BCUT2D eigenvalue weighted by molar-refractivity contribution is 7.48. The fraction of sp³-hybridized carbons (Fsp3) is 1.00. The third-order valence-electron chi connectivity index (χ3n) is 1.23. The molecule has 0 N–H and O–H groups in total. The van der Waals surface area contributed by atoms with Crippen molar-refractivity contribution in [3.8, 4) is 0 Å². The van der Waals surface area contributed by atoms with Crippen LogP contribution in [0.2, 0.25) is 0 Å². The lowest BCUT2D eigenvalue weighted by Gasteiger charge is -2.23. The number of rotatable bonds is 5. The molecule has 0 aliphatic heterocycles. The minimum atomic E-state index is -4.27. The van der Waals surface area contributed by atoms with Crippen LogP contribution in [-0.2, 0) is 13.6 Å². The molecule has 0 aromatic carbocycles. The third kappa shape index (κ3) is 6.73. The molecule has 1 unspecified atom stereocenters. The summed E-state index contributed by atoms with van der Waals surface area (Å²) in [6.45, 7) is 0.669. The summed E-state index contributed by atoms with van der Waals surface area (Å²) >= 11 is 0. The van der Waals surface area contributed by atoms with Crippen LogP contribution in [-0.4, -0.2) is 45.9 Å². The zero-order chi connectivity index (χ0) is 9.83. The summed E-state index contributed by atoms with van der Waals surface area (Å²) in [5, 5.41) is 0. The fourth-order valence-electron chi connectivity index (χ4n) is 0.476. The Hall–Kier alpha value is 0.0400. The van der Waals surface area contributed by atoms with Gasteiger partial charge in [0.2, 0.25) is 0 Å². The lowest BCUT2D eigenvalue weighted by atomic mass is 10.5. The molecule has 0 aromatic heterocycles. The van der Waals surface area contributed by atoms with Gasteiger partial charge in [0.05, 0.1) is 21.1 Å². The highest BCUT2D eigenvalue weighted by atomic mass is 31.2. The van der Waals surface area contributed by atoms with E-state index in [1.165, 1.54) is 0 Å². The monoisotopic (exact) mass is 200 g/mol. The molecule has 0 saturated heterocycles. The number of likely N-dealkylation sites (N-methyl/N-ethyl adjacent to an activating group) is 1. The van der Waals surface area contributed by atoms with Gasteiger partial charge in [0.25, 0.3) is 0 Å². The van der Waals surface area contributed by atoms with E-state index < -0.39 is 7.91 Å². The van der Waals surface area contributed by atoms with Crippen molar-refractivity contribution >= 4 is 7.91 Å². The summed E-state index contributed by atoms with van der Waals surface area (Å²) in [4.78, 5) is 0. The Bertz CT molecular complexity index is 180. The molecule has 0 aliphatic rings. The first-order valence-corrected chi connectivity index (χ1v) is 5.01. The van der Waals surface area contributed by atoms with Crippen LogP contribution in [0.25, 0.3) is 0 Å². The number of hydrogen-bond donors (Lipinski definition) is 0. The van der Waals surface area contributed by atoms with E-state index >= 15 is 0 Å². The largest absolute Gasteiger partial charge is 0.513 e. The van der Waals surface area contributed by atoms with Gasteiger partial charge in [-0.25, -0.2) is 4.57 Å². The Morgan fingerprint density at radius 3 is 2.25 bits per heavy atom. The molecule has 1 atom stereocenters. The first kappa shape index (κ1) is 12.0. The van der Waals surface area contributed by atoms with Gasteiger partial charge >= 0.3 is 7.91 Å². The van der Waals surface area contributed by atoms with Gasteiger partial charge in [-0.2, -0.15) is 0 Å². The lowest BCUT2D eigenvalue weighted by Crippen LogP contribution is -2.37. The predicted molar refractivity (Wildman–Crippen MR) is 44.6 cm³/mol. The average Bonchev–Trinajstić information content (AvgIpc) is 1.84. The summed E-state index contributed by atoms with van der Waals surface area (Å²) in [6, 6.07) is 0. The van der Waals surface area contributed by atoms with E-state index in [2.05, 4.69) is 9.05 Å². The van der Waals surface area contributed by atoms with E-state index in [-0.39, 0.29) is 6.61 Å². The van der Waals surface area contributed by atoms with Crippen LogP contribution in [0.15, 0.2) is 0 Å². The van der Waals surface area contributed by atoms with Gasteiger partial charge < -0.3 is 4.48 Å². The molecule has 0 saturated carbocycles. The molecule has 0 rings (SSSR count). The molecule has 12 heavy (non-hydrogen) atoms. The second kappa shape index (κ2) is 4.33. The average molecular weight is 200 g/mol. The topological polar surface area (TPSA) is 35.5 Å². The van der Waals surface area contributed by atoms with Crippen molar-refractivity contribution in [2.75, 3.05) is 41.4 Å². The Kier molecular flexibility index (Phi) is 4.34. The van der Waals surface area contributed by atoms with Crippen LogP contribution < -0.4 is 0 Å². The number of nitrogens with zero attached hydrogens (tertiary/aromatic N) is 1. The predicted octanol–water partition coefficient (Wildman–Crippen LogP) is 1.43. The Balaban J connectivity index is 3.65. The van der Waals surface area contributed by atoms with Gasteiger partial charge in [0.1, 0.15) is 13.2 Å². The van der Waals surface area contributed by atoms with Crippen molar-refractivity contribution < 1.29 is 22.3 Å². The highest BCUT2D eigenvalue weighted by Crippen LogP contribution is 2.48. The molecule has 0 radical (unpaired) electrons. The lowest BCUT2D eigenvalue weighted by molar-refractivity contribution is -0.870. The maximum atomic E-state index is 12.5. The van der Waals surface area contributed by atoms with Crippen LogP contribution in [0.5, 0.6) is 0 Å². The standard InChI is InChI=1S/C6H16FNO3P/c1-8(2,3)5-6-11-12(7,9)10-4/h5-6H2,1-4H3/q+1. The molecule has 0 heterocycles. The molecule has 0 fully saturated rings. The SMILES string of the molecule is COP(=O)(F)OCC[N+](C)(C)C. The minimum absolute atomic E-state index is 0.0884. The summed E-state index contributed by atoms with van der Waals surface area (Å²) in [5.41, 5.74) is 0. The van der Waals surface area contributed by atoms with Crippen molar-refractivity contribution in [3.63, 3.8) is 0 Å². The first-order valence-electron chi connectivity index (χ1n) is 3.57. The number of halogens is 1. The van der Waals surface area contributed by atoms with Crippen LogP contribution in [0.1, 0.15) is 0 Å². The van der Waals surface area contributed by atoms with E-state index in [0.29, 0.717) is 11.0 Å². The van der Waals surface area contributed by atoms with Crippen molar-refractivity contribution in [1.82, 2.24) is 0 Å². The smallest absolute Gasteiger partial charge is 0.329 e. The summed E-state index contributed by atoms with van der Waals surface area (Å²) < 4.78 is 32.1. The molecule has 0 spiro atoms. The Morgan fingerprint density at radius 2 is 1.92 bits per heavy atom. The maximum absolute atomic E-state index is 12.5. The van der Waals surface area contributed by atoms with Gasteiger partial charge in [0.15, 0.2) is 0 Å². The summed E-state index contributed by atoms with van der Waals surface area (Å²) in [6.07, 6.45) is 0. The van der Waals surface area contributed by atoms with Crippen LogP contribution in [0.3, 0.4) is 0 Å². The van der Waals surface area contributed by atoms with Crippen molar-refractivity contribution in [3.05, 3.63) is 0 Å². The van der Waals surface area contributed by atoms with Crippen LogP contribution in [0.4, 0.5) is 4.20 Å². The quantitative estimate of drug-likeness (QED) is 0.497. The van der Waals surface area contributed by atoms with Crippen LogP contribution in [0, 0.1) is 0 Å².